The van der Waals surface area contributed by atoms with E-state index in [1.165, 1.54) is 0 Å². The van der Waals surface area contributed by atoms with E-state index in [1.807, 2.05) is 18.1 Å². The van der Waals surface area contributed by atoms with Crippen LogP contribution in [-0.2, 0) is 26.1 Å². The van der Waals surface area contributed by atoms with Gasteiger partial charge < -0.3 is 19.3 Å². The van der Waals surface area contributed by atoms with Gasteiger partial charge >= 0.3 is 0 Å². The molecule has 0 radical (unpaired) electrons. The Morgan fingerprint density at radius 1 is 1.38 bits per heavy atom. The van der Waals surface area contributed by atoms with E-state index < -0.39 is 5.60 Å². The van der Waals surface area contributed by atoms with Gasteiger partial charge in [-0.05, 0) is 12.8 Å². The predicted molar refractivity (Wildman–Crippen MR) is 84.4 cm³/mol. The SMILES string of the molecule is Cn1cc(N2C[C@@]3(COCCN(C(=O)C4CC4)C3)OCC2=O)cn1. The summed E-state index contributed by atoms with van der Waals surface area (Å²) in [4.78, 5) is 28.3. The number of nitrogens with zero attached hydrogens (tertiary/aromatic N) is 4. The quantitative estimate of drug-likeness (QED) is 0.748. The van der Waals surface area contributed by atoms with Crippen LogP contribution in [0, 0.1) is 5.92 Å². The standard InChI is InChI=1S/C16H22N4O4/c1-18-7-13(6-17-18)20-10-16(24-8-14(20)21)9-19(4-5-23-11-16)15(22)12-2-3-12/h6-7,12H,2-5,8-11H2,1H3/t16-/m0/s1. The van der Waals surface area contributed by atoms with Crippen molar-refractivity contribution in [3.05, 3.63) is 12.4 Å². The van der Waals surface area contributed by atoms with Gasteiger partial charge in [0.2, 0.25) is 5.91 Å². The molecule has 1 aliphatic carbocycles. The Morgan fingerprint density at radius 2 is 2.21 bits per heavy atom. The van der Waals surface area contributed by atoms with Crippen molar-refractivity contribution in [1.29, 1.82) is 0 Å². The second kappa shape index (κ2) is 5.86. The van der Waals surface area contributed by atoms with Crippen molar-refractivity contribution in [3.63, 3.8) is 0 Å². The molecule has 24 heavy (non-hydrogen) atoms. The van der Waals surface area contributed by atoms with E-state index in [0.29, 0.717) is 32.8 Å². The van der Waals surface area contributed by atoms with Crippen molar-refractivity contribution < 1.29 is 19.1 Å². The van der Waals surface area contributed by atoms with Gasteiger partial charge in [0.05, 0.1) is 38.2 Å². The minimum Gasteiger partial charge on any atom is -0.376 e. The molecular weight excluding hydrogens is 312 g/mol. The van der Waals surface area contributed by atoms with Gasteiger partial charge in [-0.3, -0.25) is 14.3 Å². The van der Waals surface area contributed by atoms with Crippen LogP contribution in [0.5, 0.6) is 0 Å². The summed E-state index contributed by atoms with van der Waals surface area (Å²) in [5, 5.41) is 4.14. The molecule has 4 rings (SSSR count). The summed E-state index contributed by atoms with van der Waals surface area (Å²) in [5.74, 6) is 0.256. The van der Waals surface area contributed by atoms with Crippen LogP contribution in [0.1, 0.15) is 12.8 Å². The summed E-state index contributed by atoms with van der Waals surface area (Å²) < 4.78 is 13.3. The third kappa shape index (κ3) is 2.91. The summed E-state index contributed by atoms with van der Waals surface area (Å²) in [6.45, 7) is 2.29. The number of carbonyl (C=O) groups is 2. The number of aryl methyl sites for hydroxylation is 1. The van der Waals surface area contributed by atoms with Crippen molar-refractivity contribution in [2.45, 2.75) is 18.4 Å². The van der Waals surface area contributed by atoms with Gasteiger partial charge in [0.15, 0.2) is 0 Å². The van der Waals surface area contributed by atoms with Gasteiger partial charge in [0.1, 0.15) is 12.2 Å². The van der Waals surface area contributed by atoms with Gasteiger partial charge in [0, 0.05) is 25.7 Å². The highest BCUT2D eigenvalue weighted by Crippen LogP contribution is 2.33. The molecule has 0 bridgehead atoms. The number of carbonyl (C=O) groups excluding carboxylic acids is 2. The number of morpholine rings is 1. The van der Waals surface area contributed by atoms with Crippen LogP contribution in [-0.4, -0.2) is 71.6 Å². The normalized spacial score (nSPS) is 28.3. The van der Waals surface area contributed by atoms with E-state index in [9.17, 15) is 9.59 Å². The molecule has 8 heteroatoms. The monoisotopic (exact) mass is 334 g/mol. The van der Waals surface area contributed by atoms with Crippen LogP contribution in [0.4, 0.5) is 5.69 Å². The maximum atomic E-state index is 12.5. The first-order chi connectivity index (χ1) is 11.6. The highest BCUT2D eigenvalue weighted by Gasteiger charge is 2.46. The first-order valence-electron chi connectivity index (χ1n) is 8.36. The summed E-state index contributed by atoms with van der Waals surface area (Å²) in [6.07, 6.45) is 5.43. The van der Waals surface area contributed by atoms with Crippen LogP contribution in [0.2, 0.25) is 0 Å². The Morgan fingerprint density at radius 3 is 2.92 bits per heavy atom. The van der Waals surface area contributed by atoms with E-state index in [2.05, 4.69) is 5.10 Å². The molecule has 1 aromatic heterocycles. The van der Waals surface area contributed by atoms with E-state index >= 15 is 0 Å². The molecule has 1 atom stereocenters. The zero-order valence-corrected chi connectivity index (χ0v) is 13.8. The summed E-state index contributed by atoms with van der Waals surface area (Å²) >= 11 is 0. The van der Waals surface area contributed by atoms with Crippen LogP contribution in [0.3, 0.4) is 0 Å². The van der Waals surface area contributed by atoms with Crippen LogP contribution in [0.25, 0.3) is 0 Å². The largest absolute Gasteiger partial charge is 0.376 e. The molecule has 1 aromatic rings. The van der Waals surface area contributed by atoms with Gasteiger partial charge in [-0.1, -0.05) is 0 Å². The number of amides is 2. The summed E-state index contributed by atoms with van der Waals surface area (Å²) in [5.41, 5.74) is 0.0691. The zero-order chi connectivity index (χ0) is 16.7. The number of aromatic nitrogens is 2. The molecule has 2 amide bonds. The van der Waals surface area contributed by atoms with Crippen molar-refractivity contribution in [3.8, 4) is 0 Å². The van der Waals surface area contributed by atoms with Crippen molar-refractivity contribution in [2.24, 2.45) is 13.0 Å². The van der Waals surface area contributed by atoms with Crippen LogP contribution in [0.15, 0.2) is 12.4 Å². The van der Waals surface area contributed by atoms with E-state index in [0.717, 1.165) is 18.5 Å². The molecule has 1 saturated carbocycles. The second-order valence-electron chi connectivity index (χ2n) is 6.91. The lowest BCUT2D eigenvalue weighted by atomic mass is 10.0. The Bertz CT molecular complexity index is 656. The summed E-state index contributed by atoms with van der Waals surface area (Å²) in [6, 6.07) is 0. The first-order valence-corrected chi connectivity index (χ1v) is 8.36. The Kier molecular flexibility index (Phi) is 3.80. The highest BCUT2D eigenvalue weighted by molar-refractivity contribution is 5.95. The smallest absolute Gasteiger partial charge is 0.253 e. The number of ether oxygens (including phenoxy) is 2. The molecule has 1 spiro atoms. The molecule has 3 aliphatic rings. The molecule has 2 aliphatic heterocycles. The van der Waals surface area contributed by atoms with Gasteiger partial charge in [-0.25, -0.2) is 0 Å². The highest BCUT2D eigenvalue weighted by atomic mass is 16.6. The lowest BCUT2D eigenvalue weighted by Crippen LogP contribution is -2.61. The molecule has 8 nitrogen and oxygen atoms in total. The maximum absolute atomic E-state index is 12.5. The minimum atomic E-state index is -0.676. The first kappa shape index (κ1) is 15.6. The van der Waals surface area contributed by atoms with E-state index in [4.69, 9.17) is 9.47 Å². The minimum absolute atomic E-state index is 0.0102. The van der Waals surface area contributed by atoms with E-state index in [-0.39, 0.29) is 24.3 Å². The molecule has 0 unspecified atom stereocenters. The molecule has 3 heterocycles. The van der Waals surface area contributed by atoms with Gasteiger partial charge in [0.25, 0.3) is 5.91 Å². The molecule has 0 aromatic carbocycles. The third-order valence-corrected chi connectivity index (χ3v) is 4.84. The zero-order valence-electron chi connectivity index (χ0n) is 13.8. The second-order valence-corrected chi connectivity index (χ2v) is 6.91. The van der Waals surface area contributed by atoms with Crippen LogP contribution >= 0.6 is 0 Å². The molecular formula is C16H22N4O4. The Labute approximate surface area is 140 Å². The maximum Gasteiger partial charge on any atom is 0.253 e. The Balaban J connectivity index is 1.55. The van der Waals surface area contributed by atoms with Crippen molar-refractivity contribution in [2.75, 3.05) is 44.4 Å². The lowest BCUT2D eigenvalue weighted by molar-refractivity contribution is -0.150. The molecule has 130 valence electrons. The van der Waals surface area contributed by atoms with Crippen LogP contribution < -0.4 is 4.90 Å². The molecule has 0 N–H and O–H groups in total. The van der Waals surface area contributed by atoms with Crippen molar-refractivity contribution in [1.82, 2.24) is 14.7 Å². The van der Waals surface area contributed by atoms with Gasteiger partial charge in [-0.15, -0.1) is 0 Å². The predicted octanol–water partition coefficient (Wildman–Crippen LogP) is -0.209. The number of anilines is 1. The fourth-order valence-corrected chi connectivity index (χ4v) is 3.36. The average Bonchev–Trinajstić information content (AvgIpc) is 3.36. The Hall–Kier alpha value is -1.93. The number of hydrogen-bond donors (Lipinski definition) is 0. The van der Waals surface area contributed by atoms with Gasteiger partial charge in [-0.2, -0.15) is 5.10 Å². The topological polar surface area (TPSA) is 76.9 Å². The fraction of sp³-hybridized carbons (Fsp3) is 0.688. The third-order valence-electron chi connectivity index (χ3n) is 4.84. The average molecular weight is 334 g/mol. The van der Waals surface area contributed by atoms with E-state index in [1.54, 1.807) is 15.8 Å². The molecule has 3 fully saturated rings. The van der Waals surface area contributed by atoms with Crippen molar-refractivity contribution >= 4 is 17.5 Å². The molecule has 2 saturated heterocycles. The summed E-state index contributed by atoms with van der Waals surface area (Å²) in [7, 11) is 1.81. The lowest BCUT2D eigenvalue weighted by Gasteiger charge is -2.42. The number of rotatable bonds is 2. The fourth-order valence-electron chi connectivity index (χ4n) is 3.36. The number of hydrogen-bond acceptors (Lipinski definition) is 5.